The summed E-state index contributed by atoms with van der Waals surface area (Å²) in [5, 5.41) is 3.87. The number of ether oxygens (including phenoxy) is 2. The molecule has 26 heavy (non-hydrogen) atoms. The fraction of sp³-hybridized carbons (Fsp3) is 1.00. The predicted molar refractivity (Wildman–Crippen MR) is 108 cm³/mol. The highest BCUT2D eigenvalue weighted by Gasteiger charge is 2.37. The van der Waals surface area contributed by atoms with Gasteiger partial charge < -0.3 is 9.47 Å². The third-order valence-electron chi connectivity index (χ3n) is 5.33. The van der Waals surface area contributed by atoms with Gasteiger partial charge in [-0.05, 0) is 18.4 Å². The lowest BCUT2D eigenvalue weighted by atomic mass is 10.0. The Kier molecular flexibility index (Phi) is 14.7. The summed E-state index contributed by atoms with van der Waals surface area (Å²) in [5.41, 5.74) is 8.73. The number of rotatable bonds is 17. The van der Waals surface area contributed by atoms with Gasteiger partial charge in [0, 0.05) is 11.5 Å². The van der Waals surface area contributed by atoms with Crippen molar-refractivity contribution in [2.75, 3.05) is 13.2 Å². The molecule has 1 heterocycles. The molecule has 0 saturated carbocycles. The Balaban J connectivity index is 2.08. The lowest BCUT2D eigenvalue weighted by Crippen LogP contribution is -2.32. The highest BCUT2D eigenvalue weighted by molar-refractivity contribution is 4.90. The van der Waals surface area contributed by atoms with Gasteiger partial charge in [0.1, 0.15) is 0 Å². The van der Waals surface area contributed by atoms with Crippen LogP contribution in [0.25, 0.3) is 10.4 Å². The second-order valence-corrected chi connectivity index (χ2v) is 7.66. The van der Waals surface area contributed by atoms with Crippen molar-refractivity contribution in [2.24, 2.45) is 5.11 Å². The van der Waals surface area contributed by atoms with E-state index in [-0.39, 0.29) is 18.2 Å². The Morgan fingerprint density at radius 3 is 2.04 bits per heavy atom. The van der Waals surface area contributed by atoms with Crippen LogP contribution in [0.15, 0.2) is 5.11 Å². The van der Waals surface area contributed by atoms with Gasteiger partial charge >= 0.3 is 0 Å². The summed E-state index contributed by atoms with van der Waals surface area (Å²) in [7, 11) is 0. The van der Waals surface area contributed by atoms with Crippen LogP contribution in [0.5, 0.6) is 0 Å². The molecular weight excluding hydrogens is 326 g/mol. The average Bonchev–Trinajstić information content (AvgIpc) is 3.02. The number of azide groups is 1. The van der Waals surface area contributed by atoms with Crippen molar-refractivity contribution in [3.63, 3.8) is 0 Å². The summed E-state index contributed by atoms with van der Waals surface area (Å²) in [6.07, 6.45) is 18.1. The molecule has 0 aromatic rings. The number of unbranched alkanes of at least 4 members (excludes halogenated alkanes) is 11. The minimum Gasteiger partial charge on any atom is -0.375 e. The van der Waals surface area contributed by atoms with E-state index in [1.54, 1.807) is 0 Å². The van der Waals surface area contributed by atoms with Crippen LogP contribution >= 0.6 is 0 Å². The molecule has 1 aliphatic rings. The molecule has 1 saturated heterocycles. The minimum atomic E-state index is -0.158. The van der Waals surface area contributed by atoms with Gasteiger partial charge in [-0.2, -0.15) is 0 Å². The zero-order valence-corrected chi connectivity index (χ0v) is 17.2. The zero-order chi connectivity index (χ0) is 18.9. The van der Waals surface area contributed by atoms with E-state index in [0.717, 1.165) is 25.9 Å². The largest absolute Gasteiger partial charge is 0.375 e. The first-order chi connectivity index (χ1) is 12.8. The molecule has 0 bridgehead atoms. The number of hydrogen-bond acceptors (Lipinski definition) is 3. The first kappa shape index (κ1) is 23.3. The fourth-order valence-corrected chi connectivity index (χ4v) is 3.66. The van der Waals surface area contributed by atoms with Crippen LogP contribution in [0.2, 0.25) is 0 Å². The summed E-state index contributed by atoms with van der Waals surface area (Å²) in [5.74, 6) is 0. The molecule has 0 radical (unpaired) electrons. The summed E-state index contributed by atoms with van der Waals surface area (Å²) in [6.45, 7) is 5.66. The summed E-state index contributed by atoms with van der Waals surface area (Å²) < 4.78 is 11.8. The van der Waals surface area contributed by atoms with Gasteiger partial charge in [-0.1, -0.05) is 96.0 Å². The smallest absolute Gasteiger partial charge is 0.0943 e. The van der Waals surface area contributed by atoms with Crippen LogP contribution in [-0.4, -0.2) is 31.5 Å². The molecule has 152 valence electrons. The van der Waals surface area contributed by atoms with Gasteiger partial charge in [-0.3, -0.25) is 0 Å². The van der Waals surface area contributed by atoms with E-state index >= 15 is 0 Å². The highest BCUT2D eigenvalue weighted by atomic mass is 16.6. The SMILES string of the molecule is CCCCCCCCCCCCC[C@H]1OC[C@H](N=[N+]=[N-])[C@@H]1OCCCC. The lowest BCUT2D eigenvalue weighted by molar-refractivity contribution is -0.0168. The molecule has 0 spiro atoms. The molecule has 3 atom stereocenters. The van der Waals surface area contributed by atoms with Crippen molar-refractivity contribution in [3.05, 3.63) is 10.4 Å². The third-order valence-corrected chi connectivity index (χ3v) is 5.33. The molecule has 0 unspecified atom stereocenters. The van der Waals surface area contributed by atoms with Gasteiger partial charge in [0.15, 0.2) is 0 Å². The van der Waals surface area contributed by atoms with Crippen molar-refractivity contribution in [1.29, 1.82) is 0 Å². The molecule has 0 aliphatic carbocycles. The monoisotopic (exact) mass is 367 g/mol. The second kappa shape index (κ2) is 16.4. The van der Waals surface area contributed by atoms with Crippen LogP contribution < -0.4 is 0 Å². The summed E-state index contributed by atoms with van der Waals surface area (Å²) >= 11 is 0. The molecule has 1 rings (SSSR count). The molecule has 0 aromatic carbocycles. The number of nitrogens with zero attached hydrogens (tertiary/aromatic N) is 3. The van der Waals surface area contributed by atoms with E-state index in [1.807, 2.05) is 0 Å². The van der Waals surface area contributed by atoms with E-state index in [2.05, 4.69) is 23.9 Å². The Hall–Kier alpha value is -0.770. The van der Waals surface area contributed by atoms with E-state index in [9.17, 15) is 0 Å². The van der Waals surface area contributed by atoms with Crippen molar-refractivity contribution in [2.45, 2.75) is 122 Å². The molecule has 1 aliphatic heterocycles. The summed E-state index contributed by atoms with van der Waals surface area (Å²) in [4.78, 5) is 2.96. The number of hydrogen-bond donors (Lipinski definition) is 0. The highest BCUT2D eigenvalue weighted by Crippen LogP contribution is 2.25. The molecule has 5 heteroatoms. The van der Waals surface area contributed by atoms with Crippen molar-refractivity contribution in [3.8, 4) is 0 Å². The predicted octanol–water partition coefficient (Wildman–Crippen LogP) is 6.95. The van der Waals surface area contributed by atoms with Gasteiger partial charge in [-0.25, -0.2) is 0 Å². The maximum atomic E-state index is 8.73. The van der Waals surface area contributed by atoms with Gasteiger partial charge in [0.05, 0.1) is 24.9 Å². The van der Waals surface area contributed by atoms with E-state index < -0.39 is 0 Å². The van der Waals surface area contributed by atoms with Gasteiger partial charge in [-0.15, -0.1) is 0 Å². The normalized spacial score (nSPS) is 22.5. The van der Waals surface area contributed by atoms with Crippen molar-refractivity contribution >= 4 is 0 Å². The van der Waals surface area contributed by atoms with E-state index in [4.69, 9.17) is 15.0 Å². The standard InChI is InChI=1S/C21H41N3O2/c1-3-5-7-8-9-10-11-12-13-14-15-16-20-21(25-17-6-4-2)19(18-26-20)23-24-22/h19-21H,3-18H2,1-2H3/t19-,20+,21-/m0/s1. The summed E-state index contributed by atoms with van der Waals surface area (Å²) in [6, 6.07) is -0.158. The zero-order valence-electron chi connectivity index (χ0n) is 17.2. The topological polar surface area (TPSA) is 67.2 Å². The van der Waals surface area contributed by atoms with Gasteiger partial charge in [0.2, 0.25) is 0 Å². The maximum absolute atomic E-state index is 8.73. The van der Waals surface area contributed by atoms with Crippen LogP contribution in [-0.2, 0) is 9.47 Å². The molecule has 1 fully saturated rings. The molecule has 5 nitrogen and oxygen atoms in total. The van der Waals surface area contributed by atoms with Crippen molar-refractivity contribution < 1.29 is 9.47 Å². The first-order valence-electron chi connectivity index (χ1n) is 11.1. The second-order valence-electron chi connectivity index (χ2n) is 7.66. The lowest BCUT2D eigenvalue weighted by Gasteiger charge is -2.21. The molecule has 0 amide bonds. The first-order valence-corrected chi connectivity index (χ1v) is 11.1. The Morgan fingerprint density at radius 1 is 0.885 bits per heavy atom. The van der Waals surface area contributed by atoms with Crippen LogP contribution in [0.1, 0.15) is 104 Å². The van der Waals surface area contributed by atoms with E-state index in [0.29, 0.717) is 6.61 Å². The van der Waals surface area contributed by atoms with Crippen LogP contribution in [0.4, 0.5) is 0 Å². The minimum absolute atomic E-state index is 0.0550. The molecule has 0 aromatic heterocycles. The Labute approximate surface area is 160 Å². The van der Waals surface area contributed by atoms with Crippen LogP contribution in [0, 0.1) is 0 Å². The third kappa shape index (κ3) is 10.4. The quantitative estimate of drug-likeness (QED) is 0.121. The Morgan fingerprint density at radius 2 is 1.46 bits per heavy atom. The fourth-order valence-electron chi connectivity index (χ4n) is 3.66. The van der Waals surface area contributed by atoms with E-state index in [1.165, 1.54) is 70.6 Å². The van der Waals surface area contributed by atoms with Crippen LogP contribution in [0.3, 0.4) is 0 Å². The van der Waals surface area contributed by atoms with Crippen molar-refractivity contribution in [1.82, 2.24) is 0 Å². The average molecular weight is 368 g/mol. The Bertz CT molecular complexity index is 372. The maximum Gasteiger partial charge on any atom is 0.0943 e. The van der Waals surface area contributed by atoms with Gasteiger partial charge in [0.25, 0.3) is 0 Å². The molecular formula is C21H41N3O2. The molecule has 0 N–H and O–H groups in total.